The van der Waals surface area contributed by atoms with Gasteiger partial charge in [0.05, 0.1) is 36.8 Å². The van der Waals surface area contributed by atoms with Gasteiger partial charge in [-0.05, 0) is 48.6 Å². The summed E-state index contributed by atoms with van der Waals surface area (Å²) in [6.07, 6.45) is 1.77. The zero-order valence-corrected chi connectivity index (χ0v) is 19.7. The molecule has 1 amide bonds. The van der Waals surface area contributed by atoms with Gasteiger partial charge >= 0.3 is 0 Å². The molecule has 0 spiro atoms. The van der Waals surface area contributed by atoms with Crippen LogP contribution in [0.5, 0.6) is 11.5 Å². The number of ether oxygens (including phenoxy) is 3. The molecule has 7 nitrogen and oxygen atoms in total. The van der Waals surface area contributed by atoms with Crippen molar-refractivity contribution in [3.05, 3.63) is 69.6 Å². The second kappa shape index (κ2) is 9.14. The second-order valence-electron chi connectivity index (χ2n) is 9.28. The van der Waals surface area contributed by atoms with Crippen molar-refractivity contribution in [2.45, 2.75) is 38.8 Å². The monoisotopic (exact) mass is 463 g/mol. The normalized spacial score (nSPS) is 19.8. The average Bonchev–Trinajstić information content (AvgIpc) is 3.45. The molecule has 34 heavy (non-hydrogen) atoms. The molecule has 2 aromatic carbocycles. The van der Waals surface area contributed by atoms with Crippen molar-refractivity contribution in [2.75, 3.05) is 26.9 Å². The lowest BCUT2D eigenvalue weighted by atomic mass is 9.97. The maximum atomic E-state index is 13.6. The van der Waals surface area contributed by atoms with E-state index < -0.39 is 6.04 Å². The summed E-state index contributed by atoms with van der Waals surface area (Å²) in [5.41, 5.74) is 1.34. The number of para-hydroxylation sites is 1. The molecular weight excluding hydrogens is 434 g/mol. The first-order valence-corrected chi connectivity index (χ1v) is 11.8. The number of fused-ring (bicyclic) bond motifs is 2. The molecule has 2 aliphatic rings. The van der Waals surface area contributed by atoms with Crippen LogP contribution in [0, 0.1) is 5.92 Å². The molecule has 1 aromatic heterocycles. The van der Waals surface area contributed by atoms with Crippen LogP contribution in [-0.4, -0.2) is 43.8 Å². The fourth-order valence-corrected chi connectivity index (χ4v) is 4.74. The molecule has 2 aliphatic heterocycles. The Morgan fingerprint density at radius 2 is 1.94 bits per heavy atom. The molecule has 0 N–H and O–H groups in total. The second-order valence-corrected chi connectivity index (χ2v) is 9.28. The van der Waals surface area contributed by atoms with E-state index in [9.17, 15) is 9.59 Å². The number of nitrogens with zero attached hydrogens (tertiary/aromatic N) is 1. The van der Waals surface area contributed by atoms with Crippen molar-refractivity contribution in [3.63, 3.8) is 0 Å². The van der Waals surface area contributed by atoms with Gasteiger partial charge in [0, 0.05) is 13.2 Å². The minimum Gasteiger partial charge on any atom is -0.493 e. The third-order valence-corrected chi connectivity index (χ3v) is 6.37. The van der Waals surface area contributed by atoms with Crippen LogP contribution >= 0.6 is 0 Å². The Kier molecular flexibility index (Phi) is 6.04. The average molecular weight is 464 g/mol. The summed E-state index contributed by atoms with van der Waals surface area (Å²) in [5, 5.41) is 0.460. The Morgan fingerprint density at radius 3 is 2.68 bits per heavy atom. The van der Waals surface area contributed by atoms with Gasteiger partial charge in [-0.3, -0.25) is 9.59 Å². The lowest BCUT2D eigenvalue weighted by Crippen LogP contribution is -2.36. The molecule has 0 radical (unpaired) electrons. The molecule has 3 heterocycles. The third-order valence-electron chi connectivity index (χ3n) is 6.37. The molecule has 0 bridgehead atoms. The van der Waals surface area contributed by atoms with Crippen molar-refractivity contribution < 1.29 is 23.4 Å². The Labute approximate surface area is 198 Å². The summed E-state index contributed by atoms with van der Waals surface area (Å²) in [6.45, 7) is 5.78. The van der Waals surface area contributed by atoms with Crippen LogP contribution in [-0.2, 0) is 4.74 Å². The molecule has 3 aromatic rings. The van der Waals surface area contributed by atoms with Crippen molar-refractivity contribution in [3.8, 4) is 11.5 Å². The number of amides is 1. The van der Waals surface area contributed by atoms with E-state index in [2.05, 4.69) is 13.8 Å². The Morgan fingerprint density at radius 1 is 1.12 bits per heavy atom. The van der Waals surface area contributed by atoms with E-state index in [1.165, 1.54) is 0 Å². The van der Waals surface area contributed by atoms with Gasteiger partial charge in [-0.2, -0.15) is 0 Å². The molecule has 1 fully saturated rings. The molecule has 2 atom stereocenters. The Bertz CT molecular complexity index is 1270. The zero-order chi connectivity index (χ0) is 23.8. The number of rotatable bonds is 7. The highest BCUT2D eigenvalue weighted by Gasteiger charge is 2.44. The quantitative estimate of drug-likeness (QED) is 0.511. The topological polar surface area (TPSA) is 78.2 Å². The van der Waals surface area contributed by atoms with Gasteiger partial charge in [0.1, 0.15) is 5.58 Å². The van der Waals surface area contributed by atoms with Crippen LogP contribution in [0.3, 0.4) is 0 Å². The molecular formula is C27H29NO6. The van der Waals surface area contributed by atoms with Crippen LogP contribution in [0.4, 0.5) is 0 Å². The molecule has 7 heteroatoms. The molecule has 0 aliphatic carbocycles. The first kappa shape index (κ1) is 22.5. The largest absolute Gasteiger partial charge is 0.493 e. The number of carbonyl (C=O) groups is 1. The van der Waals surface area contributed by atoms with Crippen LogP contribution in [0.2, 0.25) is 0 Å². The lowest BCUT2D eigenvalue weighted by molar-refractivity contribution is 0.0486. The van der Waals surface area contributed by atoms with E-state index in [0.29, 0.717) is 53.7 Å². The maximum absolute atomic E-state index is 13.6. The van der Waals surface area contributed by atoms with E-state index in [4.69, 9.17) is 18.6 Å². The first-order valence-electron chi connectivity index (χ1n) is 11.8. The summed E-state index contributed by atoms with van der Waals surface area (Å²) < 4.78 is 23.3. The highest BCUT2D eigenvalue weighted by molar-refractivity contribution is 5.99. The summed E-state index contributed by atoms with van der Waals surface area (Å²) >= 11 is 0. The molecule has 1 saturated heterocycles. The van der Waals surface area contributed by atoms with Gasteiger partial charge < -0.3 is 23.5 Å². The number of carbonyl (C=O) groups excluding carboxylic acids is 1. The van der Waals surface area contributed by atoms with Gasteiger partial charge in [-0.1, -0.05) is 32.0 Å². The molecule has 5 rings (SSSR count). The van der Waals surface area contributed by atoms with Gasteiger partial charge in [-0.15, -0.1) is 0 Å². The summed E-state index contributed by atoms with van der Waals surface area (Å²) in [5.74, 6) is 1.36. The number of benzene rings is 2. The van der Waals surface area contributed by atoms with E-state index >= 15 is 0 Å². The first-order chi connectivity index (χ1) is 16.5. The zero-order valence-electron chi connectivity index (χ0n) is 19.7. The standard InChI is InChI=1S/C27H29NO6/c1-16(2)15-33-21-11-10-17(13-22(21)31-3)24-23-25(29)19-8-4-5-9-20(19)34-26(23)27(30)28(24)14-18-7-6-12-32-18/h4-5,8-11,13,16,18,24H,6-7,12,14-15H2,1-3H3. The summed E-state index contributed by atoms with van der Waals surface area (Å²) in [6, 6.07) is 12.0. The molecule has 178 valence electrons. The number of methoxy groups -OCH3 is 1. The van der Waals surface area contributed by atoms with E-state index in [-0.39, 0.29) is 23.2 Å². The number of hydrogen-bond acceptors (Lipinski definition) is 6. The van der Waals surface area contributed by atoms with Crippen molar-refractivity contribution in [1.29, 1.82) is 0 Å². The van der Waals surface area contributed by atoms with Crippen LogP contribution in [0.25, 0.3) is 11.0 Å². The van der Waals surface area contributed by atoms with Crippen LogP contribution in [0.1, 0.15) is 54.4 Å². The fraction of sp³-hybridized carbons (Fsp3) is 0.407. The summed E-state index contributed by atoms with van der Waals surface area (Å²) in [4.78, 5) is 28.9. The smallest absolute Gasteiger partial charge is 0.291 e. The number of hydrogen-bond donors (Lipinski definition) is 0. The molecule has 0 saturated carbocycles. The van der Waals surface area contributed by atoms with Gasteiger partial charge in [-0.25, -0.2) is 0 Å². The highest BCUT2D eigenvalue weighted by atomic mass is 16.5. The minimum atomic E-state index is -0.597. The molecule has 2 unspecified atom stereocenters. The van der Waals surface area contributed by atoms with Crippen LogP contribution in [0.15, 0.2) is 51.7 Å². The van der Waals surface area contributed by atoms with E-state index in [0.717, 1.165) is 18.4 Å². The Balaban J connectivity index is 1.63. The minimum absolute atomic E-state index is 0.0687. The van der Waals surface area contributed by atoms with Gasteiger partial charge in [0.15, 0.2) is 16.9 Å². The third kappa shape index (κ3) is 3.94. The van der Waals surface area contributed by atoms with Crippen molar-refractivity contribution >= 4 is 16.9 Å². The maximum Gasteiger partial charge on any atom is 0.291 e. The van der Waals surface area contributed by atoms with Crippen LogP contribution < -0.4 is 14.9 Å². The van der Waals surface area contributed by atoms with E-state index in [1.807, 2.05) is 18.2 Å². The predicted molar refractivity (Wildman–Crippen MR) is 128 cm³/mol. The van der Waals surface area contributed by atoms with E-state index in [1.54, 1.807) is 36.3 Å². The van der Waals surface area contributed by atoms with Crippen molar-refractivity contribution in [1.82, 2.24) is 4.90 Å². The highest BCUT2D eigenvalue weighted by Crippen LogP contribution is 2.41. The van der Waals surface area contributed by atoms with Crippen molar-refractivity contribution in [2.24, 2.45) is 5.92 Å². The van der Waals surface area contributed by atoms with Gasteiger partial charge in [0.2, 0.25) is 5.76 Å². The fourth-order valence-electron chi connectivity index (χ4n) is 4.74. The summed E-state index contributed by atoms with van der Waals surface area (Å²) in [7, 11) is 1.58. The van der Waals surface area contributed by atoms with Gasteiger partial charge in [0.25, 0.3) is 5.91 Å². The lowest BCUT2D eigenvalue weighted by Gasteiger charge is -2.28. The SMILES string of the molecule is COc1cc(C2c3c(oc4ccccc4c3=O)C(=O)N2CC2CCCO2)ccc1OCC(C)C. The predicted octanol–water partition coefficient (Wildman–Crippen LogP) is 4.56. The Hall–Kier alpha value is -3.32.